The predicted octanol–water partition coefficient (Wildman–Crippen LogP) is 2.91. The third kappa shape index (κ3) is 3.54. The van der Waals surface area contributed by atoms with Crippen LogP contribution in [0.25, 0.3) is 0 Å². The van der Waals surface area contributed by atoms with Gasteiger partial charge in [0, 0.05) is 5.56 Å². The number of benzene rings is 1. The maximum absolute atomic E-state index is 11.9. The fraction of sp³-hybridized carbons (Fsp3) is 0.250. The number of aromatic nitrogens is 2. The maximum Gasteiger partial charge on any atom is 0.173 e. The predicted molar refractivity (Wildman–Crippen MR) is 72.6 cm³/mol. The second-order valence-corrected chi connectivity index (χ2v) is 5.38. The van der Waals surface area contributed by atoms with Gasteiger partial charge in [-0.15, -0.1) is 0 Å². The average molecular weight is 280 g/mol. The van der Waals surface area contributed by atoms with Crippen LogP contribution in [-0.2, 0) is 0 Å². The molecule has 4 nitrogen and oxygen atoms in total. The van der Waals surface area contributed by atoms with Gasteiger partial charge < -0.3 is 4.74 Å². The first-order valence-electron chi connectivity index (χ1n) is 5.45. The molecule has 0 saturated heterocycles. The fourth-order valence-electron chi connectivity index (χ4n) is 1.34. The molecule has 0 aliphatic rings. The highest BCUT2D eigenvalue weighted by Crippen LogP contribution is 2.20. The standard InChI is InChI=1S/C12H12N2O2S2/c1-2-16-10-5-3-9(4-6-10)11(15)7-17-12-13-8-14-18-12/h3-6,8H,2,7H2,1H3. The number of ether oxygens (including phenoxy) is 1. The smallest absolute Gasteiger partial charge is 0.173 e. The highest BCUT2D eigenvalue weighted by atomic mass is 32.2. The quantitative estimate of drug-likeness (QED) is 0.601. The SMILES string of the molecule is CCOc1ccc(C(=O)CSc2ncns2)cc1. The van der Waals surface area contributed by atoms with Crippen molar-refractivity contribution in [2.24, 2.45) is 0 Å². The Kier molecular flexibility index (Phi) is 4.72. The lowest BCUT2D eigenvalue weighted by Gasteiger charge is -2.03. The van der Waals surface area contributed by atoms with E-state index in [4.69, 9.17) is 4.74 Å². The first-order valence-corrected chi connectivity index (χ1v) is 7.21. The van der Waals surface area contributed by atoms with Gasteiger partial charge in [-0.05, 0) is 42.7 Å². The Morgan fingerprint density at radius 2 is 2.17 bits per heavy atom. The molecule has 0 aliphatic carbocycles. The second kappa shape index (κ2) is 6.51. The van der Waals surface area contributed by atoms with Gasteiger partial charge in [-0.3, -0.25) is 4.79 Å². The third-order valence-electron chi connectivity index (χ3n) is 2.16. The minimum atomic E-state index is 0.0817. The van der Waals surface area contributed by atoms with E-state index in [-0.39, 0.29) is 5.78 Å². The summed E-state index contributed by atoms with van der Waals surface area (Å²) in [5, 5.41) is 0. The average Bonchev–Trinajstić information content (AvgIpc) is 2.90. The van der Waals surface area contributed by atoms with Gasteiger partial charge in [-0.2, -0.15) is 4.37 Å². The van der Waals surface area contributed by atoms with E-state index in [0.717, 1.165) is 10.1 Å². The monoisotopic (exact) mass is 280 g/mol. The molecule has 0 atom stereocenters. The van der Waals surface area contributed by atoms with Crippen molar-refractivity contribution in [2.75, 3.05) is 12.4 Å². The number of thioether (sulfide) groups is 1. The summed E-state index contributed by atoms with van der Waals surface area (Å²) < 4.78 is 10.0. The van der Waals surface area contributed by atoms with E-state index in [1.165, 1.54) is 29.6 Å². The normalized spacial score (nSPS) is 10.3. The van der Waals surface area contributed by atoms with E-state index >= 15 is 0 Å². The molecule has 6 heteroatoms. The van der Waals surface area contributed by atoms with Crippen LogP contribution in [0, 0.1) is 0 Å². The van der Waals surface area contributed by atoms with Crippen molar-refractivity contribution in [3.63, 3.8) is 0 Å². The molecule has 0 N–H and O–H groups in total. The zero-order chi connectivity index (χ0) is 12.8. The summed E-state index contributed by atoms with van der Waals surface area (Å²) in [5.41, 5.74) is 0.690. The first kappa shape index (κ1) is 13.0. The van der Waals surface area contributed by atoms with Crippen molar-refractivity contribution in [1.29, 1.82) is 0 Å². The lowest BCUT2D eigenvalue weighted by molar-refractivity contribution is 0.102. The molecule has 1 aromatic heterocycles. The number of carbonyl (C=O) groups excluding carboxylic acids is 1. The van der Waals surface area contributed by atoms with Crippen LogP contribution in [0.3, 0.4) is 0 Å². The zero-order valence-corrected chi connectivity index (χ0v) is 11.5. The van der Waals surface area contributed by atoms with Crippen molar-refractivity contribution in [2.45, 2.75) is 11.3 Å². The molecule has 2 rings (SSSR count). The van der Waals surface area contributed by atoms with Crippen LogP contribution in [0.5, 0.6) is 5.75 Å². The Morgan fingerprint density at radius 3 is 2.78 bits per heavy atom. The summed E-state index contributed by atoms with van der Waals surface area (Å²) in [7, 11) is 0. The third-order valence-corrected chi connectivity index (χ3v) is 3.95. The summed E-state index contributed by atoms with van der Waals surface area (Å²) in [4.78, 5) is 15.9. The Balaban J connectivity index is 1.92. The molecule has 0 fully saturated rings. The van der Waals surface area contributed by atoms with Gasteiger partial charge in [0.05, 0.1) is 12.4 Å². The highest BCUT2D eigenvalue weighted by Gasteiger charge is 2.08. The summed E-state index contributed by atoms with van der Waals surface area (Å²) in [5.74, 6) is 1.24. The van der Waals surface area contributed by atoms with Gasteiger partial charge in [0.2, 0.25) is 0 Å². The Morgan fingerprint density at radius 1 is 1.39 bits per heavy atom. The van der Waals surface area contributed by atoms with E-state index < -0.39 is 0 Å². The number of hydrogen-bond acceptors (Lipinski definition) is 6. The molecule has 18 heavy (non-hydrogen) atoms. The van der Waals surface area contributed by atoms with Gasteiger partial charge in [-0.25, -0.2) is 4.98 Å². The Labute approximate surface area is 114 Å². The number of nitrogens with zero attached hydrogens (tertiary/aromatic N) is 2. The highest BCUT2D eigenvalue weighted by molar-refractivity contribution is 8.01. The molecular weight excluding hydrogens is 268 g/mol. The molecule has 0 amide bonds. The van der Waals surface area contributed by atoms with Crippen LogP contribution in [0.15, 0.2) is 34.9 Å². The van der Waals surface area contributed by atoms with Gasteiger partial charge in [0.25, 0.3) is 0 Å². The topological polar surface area (TPSA) is 52.1 Å². The number of carbonyl (C=O) groups is 1. The Hall–Kier alpha value is -1.40. The van der Waals surface area contributed by atoms with E-state index in [1.807, 2.05) is 19.1 Å². The van der Waals surface area contributed by atoms with Crippen LogP contribution < -0.4 is 4.74 Å². The summed E-state index contributed by atoms with van der Waals surface area (Å²) in [6.45, 7) is 2.55. The van der Waals surface area contributed by atoms with E-state index in [0.29, 0.717) is 17.9 Å². The van der Waals surface area contributed by atoms with Crippen molar-refractivity contribution < 1.29 is 9.53 Å². The molecule has 1 aromatic carbocycles. The van der Waals surface area contributed by atoms with Crippen LogP contribution in [0.4, 0.5) is 0 Å². The van der Waals surface area contributed by atoms with E-state index in [1.54, 1.807) is 12.1 Å². The van der Waals surface area contributed by atoms with Crippen molar-refractivity contribution in [3.05, 3.63) is 36.2 Å². The first-order chi connectivity index (χ1) is 8.79. The van der Waals surface area contributed by atoms with Crippen molar-refractivity contribution >= 4 is 29.1 Å². The molecule has 0 aliphatic heterocycles. The number of ketones is 1. The lowest BCUT2D eigenvalue weighted by Crippen LogP contribution is -2.02. The van der Waals surface area contributed by atoms with Gasteiger partial charge in [-0.1, -0.05) is 11.8 Å². The van der Waals surface area contributed by atoms with E-state index in [9.17, 15) is 4.79 Å². The van der Waals surface area contributed by atoms with Crippen molar-refractivity contribution in [1.82, 2.24) is 9.36 Å². The van der Waals surface area contributed by atoms with E-state index in [2.05, 4.69) is 9.36 Å². The fourth-order valence-corrected chi connectivity index (χ4v) is 2.68. The minimum absolute atomic E-state index is 0.0817. The zero-order valence-electron chi connectivity index (χ0n) is 9.83. The van der Waals surface area contributed by atoms with Crippen LogP contribution in [0.1, 0.15) is 17.3 Å². The largest absolute Gasteiger partial charge is 0.494 e. The summed E-state index contributed by atoms with van der Waals surface area (Å²) in [6.07, 6.45) is 1.49. The molecule has 0 radical (unpaired) electrons. The number of rotatable bonds is 6. The molecule has 2 aromatic rings. The summed E-state index contributed by atoms with van der Waals surface area (Å²) in [6, 6.07) is 7.20. The lowest BCUT2D eigenvalue weighted by atomic mass is 10.1. The molecule has 0 saturated carbocycles. The van der Waals surface area contributed by atoms with Crippen molar-refractivity contribution in [3.8, 4) is 5.75 Å². The number of hydrogen-bond donors (Lipinski definition) is 0. The number of Topliss-reactive ketones (excluding diaryl/α,β-unsaturated/α-hetero) is 1. The summed E-state index contributed by atoms with van der Waals surface area (Å²) >= 11 is 2.71. The molecule has 0 bridgehead atoms. The molecule has 1 heterocycles. The van der Waals surface area contributed by atoms with Gasteiger partial charge >= 0.3 is 0 Å². The van der Waals surface area contributed by atoms with Crippen LogP contribution in [0.2, 0.25) is 0 Å². The molecule has 94 valence electrons. The van der Waals surface area contributed by atoms with Crippen LogP contribution in [-0.4, -0.2) is 27.5 Å². The molecule has 0 spiro atoms. The van der Waals surface area contributed by atoms with Gasteiger partial charge in [0.15, 0.2) is 10.1 Å². The molecular formula is C12H12N2O2S2. The Bertz CT molecular complexity index is 497. The van der Waals surface area contributed by atoms with Gasteiger partial charge in [0.1, 0.15) is 12.1 Å². The second-order valence-electron chi connectivity index (χ2n) is 3.38. The maximum atomic E-state index is 11.9. The van der Waals surface area contributed by atoms with Crippen LogP contribution >= 0.6 is 23.3 Å². The molecule has 0 unspecified atom stereocenters. The minimum Gasteiger partial charge on any atom is -0.494 e.